The van der Waals surface area contributed by atoms with E-state index in [9.17, 15) is 9.59 Å². The van der Waals surface area contributed by atoms with Gasteiger partial charge in [0.15, 0.2) is 11.5 Å². The first-order valence-corrected chi connectivity index (χ1v) is 7.57. The van der Waals surface area contributed by atoms with Crippen molar-refractivity contribution < 1.29 is 14.1 Å². The van der Waals surface area contributed by atoms with Gasteiger partial charge in [-0.05, 0) is 6.92 Å². The molecule has 4 rings (SSSR count). The third-order valence-electron chi connectivity index (χ3n) is 4.83. The molecule has 8 nitrogen and oxygen atoms in total. The van der Waals surface area contributed by atoms with E-state index in [1.807, 2.05) is 14.0 Å². The molecular formula is C15H17N5O3. The number of fused-ring (bicyclic) bond motifs is 1. The van der Waals surface area contributed by atoms with Gasteiger partial charge in [0.1, 0.15) is 0 Å². The molecule has 2 fully saturated rings. The lowest BCUT2D eigenvalue weighted by atomic mass is 10.0. The standard InChI is InChI=1S/C15H17N5O3/c1-8-10(5-17-19(8)2)13-3-12(18-23-13)15(22)20-6-9-4-16-14(21)11(9)7-20/h3,5,9,11H,4,6-7H2,1-2H3,(H,16,21)/t9-,11+/m0/s1. The van der Waals surface area contributed by atoms with Crippen LogP contribution in [0.15, 0.2) is 16.8 Å². The number of hydrogen-bond donors (Lipinski definition) is 1. The summed E-state index contributed by atoms with van der Waals surface area (Å²) >= 11 is 0. The molecule has 23 heavy (non-hydrogen) atoms. The zero-order valence-corrected chi connectivity index (χ0v) is 12.9. The fraction of sp³-hybridized carbons (Fsp3) is 0.467. The predicted molar refractivity (Wildman–Crippen MR) is 79.3 cm³/mol. The zero-order valence-electron chi connectivity index (χ0n) is 12.9. The molecule has 2 aromatic heterocycles. The van der Waals surface area contributed by atoms with Gasteiger partial charge in [-0.2, -0.15) is 5.10 Å². The first-order valence-electron chi connectivity index (χ1n) is 7.57. The molecule has 0 radical (unpaired) electrons. The van der Waals surface area contributed by atoms with Gasteiger partial charge in [0.2, 0.25) is 5.91 Å². The second-order valence-corrected chi connectivity index (χ2v) is 6.17. The summed E-state index contributed by atoms with van der Waals surface area (Å²) in [7, 11) is 1.84. The summed E-state index contributed by atoms with van der Waals surface area (Å²) in [5.74, 6) is 0.487. The Bertz CT molecular complexity index is 793. The number of nitrogens with one attached hydrogen (secondary N) is 1. The lowest BCUT2D eigenvalue weighted by Crippen LogP contribution is -2.33. The Balaban J connectivity index is 1.54. The maximum Gasteiger partial charge on any atom is 0.276 e. The fourth-order valence-electron chi connectivity index (χ4n) is 3.31. The molecule has 120 valence electrons. The number of aromatic nitrogens is 3. The van der Waals surface area contributed by atoms with Crippen LogP contribution in [0.25, 0.3) is 11.3 Å². The van der Waals surface area contributed by atoms with Crippen LogP contribution in [-0.2, 0) is 11.8 Å². The molecule has 0 saturated carbocycles. The molecule has 1 N–H and O–H groups in total. The minimum absolute atomic E-state index is 0.0390. The normalized spacial score (nSPS) is 23.2. The lowest BCUT2D eigenvalue weighted by molar-refractivity contribution is -0.122. The van der Waals surface area contributed by atoms with Crippen molar-refractivity contribution in [1.29, 1.82) is 0 Å². The van der Waals surface area contributed by atoms with Crippen LogP contribution in [0.2, 0.25) is 0 Å². The molecule has 0 spiro atoms. The minimum Gasteiger partial charge on any atom is -0.355 e. The van der Waals surface area contributed by atoms with Crippen molar-refractivity contribution in [3.63, 3.8) is 0 Å². The van der Waals surface area contributed by atoms with Crippen LogP contribution in [0.3, 0.4) is 0 Å². The van der Waals surface area contributed by atoms with Gasteiger partial charge in [-0.3, -0.25) is 14.3 Å². The smallest absolute Gasteiger partial charge is 0.276 e. The molecule has 2 saturated heterocycles. The predicted octanol–water partition coefficient (Wildman–Crippen LogP) is 0.202. The van der Waals surface area contributed by atoms with Crippen LogP contribution >= 0.6 is 0 Å². The van der Waals surface area contributed by atoms with Gasteiger partial charge in [-0.15, -0.1) is 0 Å². The molecule has 2 aliphatic heterocycles. The summed E-state index contributed by atoms with van der Waals surface area (Å²) in [6.07, 6.45) is 1.69. The monoisotopic (exact) mass is 315 g/mol. The second kappa shape index (κ2) is 4.94. The maximum atomic E-state index is 12.6. The van der Waals surface area contributed by atoms with Gasteiger partial charge in [0.25, 0.3) is 5.91 Å². The first-order chi connectivity index (χ1) is 11.0. The van der Waals surface area contributed by atoms with Gasteiger partial charge in [-0.25, -0.2) is 0 Å². The summed E-state index contributed by atoms with van der Waals surface area (Å²) < 4.78 is 7.05. The molecule has 0 bridgehead atoms. The van der Waals surface area contributed by atoms with E-state index in [0.29, 0.717) is 25.4 Å². The summed E-state index contributed by atoms with van der Waals surface area (Å²) in [4.78, 5) is 26.0. The zero-order chi connectivity index (χ0) is 16.1. The molecule has 2 aromatic rings. The lowest BCUT2D eigenvalue weighted by Gasteiger charge is -2.15. The minimum atomic E-state index is -0.191. The van der Waals surface area contributed by atoms with Gasteiger partial charge in [0.05, 0.1) is 17.7 Å². The number of carbonyl (C=O) groups excluding carboxylic acids is 2. The molecule has 8 heteroatoms. The molecular weight excluding hydrogens is 298 g/mol. The van der Waals surface area contributed by atoms with E-state index >= 15 is 0 Å². The van der Waals surface area contributed by atoms with Crippen LogP contribution in [0.5, 0.6) is 0 Å². The Kier molecular flexibility index (Phi) is 3.00. The third kappa shape index (κ3) is 2.13. The van der Waals surface area contributed by atoms with Crippen molar-refractivity contribution in [1.82, 2.24) is 25.2 Å². The van der Waals surface area contributed by atoms with Crippen molar-refractivity contribution in [2.75, 3.05) is 19.6 Å². The van der Waals surface area contributed by atoms with Gasteiger partial charge >= 0.3 is 0 Å². The number of aryl methyl sites for hydroxylation is 1. The Labute approximate surface area is 132 Å². The van der Waals surface area contributed by atoms with Crippen LogP contribution in [0.4, 0.5) is 0 Å². The highest BCUT2D eigenvalue weighted by Gasteiger charge is 2.44. The van der Waals surface area contributed by atoms with Gasteiger partial charge < -0.3 is 14.7 Å². The molecule has 2 amide bonds. The van der Waals surface area contributed by atoms with E-state index in [1.54, 1.807) is 21.8 Å². The summed E-state index contributed by atoms with van der Waals surface area (Å²) in [5.41, 5.74) is 2.02. The highest BCUT2D eigenvalue weighted by molar-refractivity contribution is 5.94. The van der Waals surface area contributed by atoms with Crippen LogP contribution < -0.4 is 5.32 Å². The number of nitrogens with zero attached hydrogens (tertiary/aromatic N) is 4. The number of hydrogen-bond acceptors (Lipinski definition) is 5. The number of amides is 2. The topological polar surface area (TPSA) is 93.3 Å². The van der Waals surface area contributed by atoms with Crippen LogP contribution in [0.1, 0.15) is 16.2 Å². The van der Waals surface area contributed by atoms with Gasteiger partial charge in [-0.1, -0.05) is 5.16 Å². The molecule has 0 aromatic carbocycles. The Morgan fingerprint density at radius 2 is 2.26 bits per heavy atom. The Morgan fingerprint density at radius 3 is 2.96 bits per heavy atom. The maximum absolute atomic E-state index is 12.6. The van der Waals surface area contributed by atoms with Crippen LogP contribution in [0, 0.1) is 18.8 Å². The number of rotatable bonds is 2. The van der Waals surface area contributed by atoms with Gasteiger partial charge in [0, 0.05) is 44.4 Å². The first kappa shape index (κ1) is 14.0. The molecule has 0 unspecified atom stereocenters. The average molecular weight is 315 g/mol. The fourth-order valence-corrected chi connectivity index (χ4v) is 3.31. The highest BCUT2D eigenvalue weighted by Crippen LogP contribution is 2.29. The van der Waals surface area contributed by atoms with E-state index in [1.165, 1.54) is 0 Å². The van der Waals surface area contributed by atoms with Crippen molar-refractivity contribution >= 4 is 11.8 Å². The Morgan fingerprint density at radius 1 is 1.43 bits per heavy atom. The average Bonchev–Trinajstić information content (AvgIpc) is 3.27. The van der Waals surface area contributed by atoms with Crippen molar-refractivity contribution in [2.45, 2.75) is 6.92 Å². The summed E-state index contributed by atoms with van der Waals surface area (Å²) in [6.45, 7) is 3.60. The quantitative estimate of drug-likeness (QED) is 0.854. The number of carbonyl (C=O) groups is 2. The second-order valence-electron chi connectivity index (χ2n) is 6.17. The summed E-state index contributed by atoms with van der Waals surface area (Å²) in [5, 5.41) is 10.9. The molecule has 2 atom stereocenters. The number of likely N-dealkylation sites (tertiary alicyclic amines) is 1. The summed E-state index contributed by atoms with van der Waals surface area (Å²) in [6, 6.07) is 1.64. The van der Waals surface area contributed by atoms with Crippen molar-refractivity contribution in [3.8, 4) is 11.3 Å². The van der Waals surface area contributed by atoms with Crippen LogP contribution in [-0.4, -0.2) is 51.3 Å². The van der Waals surface area contributed by atoms with E-state index in [-0.39, 0.29) is 29.3 Å². The van der Waals surface area contributed by atoms with E-state index in [0.717, 1.165) is 11.3 Å². The van der Waals surface area contributed by atoms with Crippen molar-refractivity contribution in [2.24, 2.45) is 18.9 Å². The highest BCUT2D eigenvalue weighted by atomic mass is 16.5. The molecule has 4 heterocycles. The molecule has 0 aliphatic carbocycles. The molecule has 2 aliphatic rings. The van der Waals surface area contributed by atoms with E-state index in [2.05, 4.69) is 15.6 Å². The van der Waals surface area contributed by atoms with E-state index in [4.69, 9.17) is 4.52 Å². The third-order valence-corrected chi connectivity index (χ3v) is 4.83. The van der Waals surface area contributed by atoms with E-state index < -0.39 is 0 Å². The van der Waals surface area contributed by atoms with Crippen molar-refractivity contribution in [3.05, 3.63) is 23.7 Å². The Hall–Kier alpha value is -2.64. The SMILES string of the molecule is Cc1c(-c2cc(C(=O)N3C[C@@H]4CNC(=O)[C@@H]4C3)no2)cnn1C. The largest absolute Gasteiger partial charge is 0.355 e.